The first-order valence-corrected chi connectivity index (χ1v) is 9.06. The number of nitrogens with zero attached hydrogens (tertiary/aromatic N) is 1. The van der Waals surface area contributed by atoms with Crippen LogP contribution in [0.25, 0.3) is 0 Å². The van der Waals surface area contributed by atoms with Gasteiger partial charge >= 0.3 is 0 Å². The zero-order valence-corrected chi connectivity index (χ0v) is 16.2. The average molecular weight is 388 g/mol. The van der Waals surface area contributed by atoms with Gasteiger partial charge in [0, 0.05) is 24.7 Å². The summed E-state index contributed by atoms with van der Waals surface area (Å²) < 4.78 is 0. The third kappa shape index (κ3) is 5.31. The topological polar surface area (TPSA) is 61.4 Å². The maximum atomic E-state index is 13.2. The molecule has 2 amide bonds. The lowest BCUT2D eigenvalue weighted by molar-refractivity contribution is -0.134. The Hall–Kier alpha value is -2.37. The molecule has 6 heteroatoms. The number of benzene rings is 2. The number of hydrogen-bond acceptors (Lipinski definition) is 3. The molecule has 1 heterocycles. The van der Waals surface area contributed by atoms with Crippen LogP contribution in [0.3, 0.4) is 0 Å². The maximum Gasteiger partial charge on any atom is 0.252 e. The first-order chi connectivity index (χ1) is 12.7. The van der Waals surface area contributed by atoms with Gasteiger partial charge in [-0.1, -0.05) is 48.5 Å². The first-order valence-electron chi connectivity index (χ1n) is 9.06. The van der Waals surface area contributed by atoms with Gasteiger partial charge in [0.2, 0.25) is 5.91 Å². The Morgan fingerprint density at radius 2 is 1.52 bits per heavy atom. The van der Waals surface area contributed by atoms with Crippen molar-refractivity contribution in [1.29, 1.82) is 0 Å². The fourth-order valence-corrected chi connectivity index (χ4v) is 3.31. The molecule has 1 atom stereocenters. The molecule has 1 aliphatic rings. The van der Waals surface area contributed by atoms with Crippen LogP contribution < -0.4 is 10.6 Å². The first kappa shape index (κ1) is 20.9. The van der Waals surface area contributed by atoms with Gasteiger partial charge in [0.1, 0.15) is 6.04 Å². The average Bonchev–Trinajstić information content (AvgIpc) is 2.72. The number of rotatable bonds is 5. The van der Waals surface area contributed by atoms with Gasteiger partial charge < -0.3 is 15.5 Å². The van der Waals surface area contributed by atoms with Gasteiger partial charge in [-0.2, -0.15) is 0 Å². The second-order valence-electron chi connectivity index (χ2n) is 6.57. The normalized spacial score (nSPS) is 15.5. The second kappa shape index (κ2) is 10.1. The van der Waals surface area contributed by atoms with E-state index in [2.05, 4.69) is 10.6 Å². The van der Waals surface area contributed by atoms with Crippen LogP contribution in [0.2, 0.25) is 0 Å². The zero-order chi connectivity index (χ0) is 18.4. The summed E-state index contributed by atoms with van der Waals surface area (Å²) in [5, 5.41) is 6.20. The Morgan fingerprint density at radius 3 is 2.07 bits per heavy atom. The molecule has 27 heavy (non-hydrogen) atoms. The van der Waals surface area contributed by atoms with Crippen LogP contribution in [-0.2, 0) is 4.79 Å². The predicted molar refractivity (Wildman–Crippen MR) is 109 cm³/mol. The van der Waals surface area contributed by atoms with Crippen molar-refractivity contribution in [2.75, 3.05) is 20.1 Å². The minimum atomic E-state index is -0.671. The van der Waals surface area contributed by atoms with Crippen molar-refractivity contribution < 1.29 is 9.59 Å². The molecular formula is C21H26ClN3O2. The minimum absolute atomic E-state index is 0. The van der Waals surface area contributed by atoms with Crippen LogP contribution in [0.5, 0.6) is 0 Å². The van der Waals surface area contributed by atoms with E-state index in [4.69, 9.17) is 0 Å². The van der Waals surface area contributed by atoms with E-state index in [1.165, 1.54) is 0 Å². The van der Waals surface area contributed by atoms with Gasteiger partial charge in [-0.3, -0.25) is 9.59 Å². The summed E-state index contributed by atoms with van der Waals surface area (Å²) in [6.07, 6.45) is 1.85. The number of nitrogens with one attached hydrogen (secondary N) is 2. The molecule has 3 rings (SSSR count). The molecule has 0 bridgehead atoms. The number of amides is 2. The van der Waals surface area contributed by atoms with Crippen molar-refractivity contribution in [2.45, 2.75) is 24.9 Å². The van der Waals surface area contributed by atoms with Gasteiger partial charge in [-0.05, 0) is 37.6 Å². The highest BCUT2D eigenvalue weighted by Gasteiger charge is 2.30. The standard InChI is InChI=1S/C21H25N3O2.ClH/c1-22-18-12-14-24(15-13-18)21(26)19(16-8-4-2-5-9-16)23-20(25)17-10-6-3-7-11-17;/h2-11,18-19,22H,12-15H2,1H3,(H,23,25);1H. The number of hydrogen-bond donors (Lipinski definition) is 2. The molecule has 2 aromatic carbocycles. The summed E-state index contributed by atoms with van der Waals surface area (Å²) in [4.78, 5) is 27.6. The summed E-state index contributed by atoms with van der Waals surface area (Å²) in [5.74, 6) is -0.284. The minimum Gasteiger partial charge on any atom is -0.340 e. The van der Waals surface area contributed by atoms with Gasteiger partial charge in [0.25, 0.3) is 5.91 Å². The summed E-state index contributed by atoms with van der Waals surface area (Å²) in [6.45, 7) is 1.41. The van der Waals surface area contributed by atoms with Crippen LogP contribution in [0, 0.1) is 0 Å². The van der Waals surface area contributed by atoms with E-state index in [9.17, 15) is 9.59 Å². The van der Waals surface area contributed by atoms with Crippen molar-refractivity contribution >= 4 is 24.2 Å². The van der Waals surface area contributed by atoms with Crippen molar-refractivity contribution in [2.24, 2.45) is 0 Å². The number of halogens is 1. The molecule has 1 saturated heterocycles. The Bertz CT molecular complexity index is 732. The molecule has 2 aromatic rings. The molecule has 0 saturated carbocycles. The molecule has 0 spiro atoms. The van der Waals surface area contributed by atoms with E-state index >= 15 is 0 Å². The van der Waals surface area contributed by atoms with Crippen LogP contribution in [0.15, 0.2) is 60.7 Å². The fraction of sp³-hybridized carbons (Fsp3) is 0.333. The van der Waals surface area contributed by atoms with Crippen LogP contribution in [0.4, 0.5) is 0 Å². The predicted octanol–water partition coefficient (Wildman–Crippen LogP) is 2.79. The van der Waals surface area contributed by atoms with Crippen molar-refractivity contribution in [3.63, 3.8) is 0 Å². The Balaban J connectivity index is 0.00000261. The van der Waals surface area contributed by atoms with Crippen LogP contribution in [0.1, 0.15) is 34.8 Å². The number of carbonyl (C=O) groups is 2. The summed E-state index contributed by atoms with van der Waals surface area (Å²) in [7, 11) is 1.95. The van der Waals surface area contributed by atoms with Crippen molar-refractivity contribution in [3.05, 3.63) is 71.8 Å². The summed E-state index contributed by atoms with van der Waals surface area (Å²) in [6, 6.07) is 18.2. The fourth-order valence-electron chi connectivity index (χ4n) is 3.31. The zero-order valence-electron chi connectivity index (χ0n) is 15.4. The van der Waals surface area contributed by atoms with Crippen LogP contribution >= 0.6 is 12.4 Å². The Labute approximate surface area is 166 Å². The SMILES string of the molecule is CNC1CCN(C(=O)C(NC(=O)c2ccccc2)c2ccccc2)CC1.Cl. The number of carbonyl (C=O) groups excluding carboxylic acids is 2. The van der Waals surface area contributed by atoms with E-state index in [1.54, 1.807) is 12.1 Å². The quantitative estimate of drug-likeness (QED) is 0.829. The van der Waals surface area contributed by atoms with Gasteiger partial charge in [0.05, 0.1) is 0 Å². The molecule has 0 radical (unpaired) electrons. The lowest BCUT2D eigenvalue weighted by Gasteiger charge is -2.34. The van der Waals surface area contributed by atoms with E-state index in [-0.39, 0.29) is 24.2 Å². The Kier molecular flexibility index (Phi) is 7.82. The Morgan fingerprint density at radius 1 is 0.963 bits per heavy atom. The van der Waals surface area contributed by atoms with E-state index in [1.807, 2.05) is 60.5 Å². The number of likely N-dealkylation sites (tertiary alicyclic amines) is 1. The molecule has 0 aliphatic carbocycles. The smallest absolute Gasteiger partial charge is 0.252 e. The molecular weight excluding hydrogens is 362 g/mol. The molecule has 2 N–H and O–H groups in total. The van der Waals surface area contributed by atoms with Crippen molar-refractivity contribution in [1.82, 2.24) is 15.5 Å². The number of piperidine rings is 1. The molecule has 5 nitrogen and oxygen atoms in total. The van der Waals surface area contributed by atoms with Gasteiger partial charge in [-0.15, -0.1) is 12.4 Å². The van der Waals surface area contributed by atoms with Gasteiger partial charge in [0.15, 0.2) is 0 Å². The van der Waals surface area contributed by atoms with Crippen LogP contribution in [-0.4, -0.2) is 42.9 Å². The highest BCUT2D eigenvalue weighted by molar-refractivity contribution is 5.97. The maximum absolute atomic E-state index is 13.2. The van der Waals surface area contributed by atoms with E-state index in [0.717, 1.165) is 18.4 Å². The summed E-state index contributed by atoms with van der Waals surface area (Å²) in [5.41, 5.74) is 1.35. The highest BCUT2D eigenvalue weighted by Crippen LogP contribution is 2.20. The monoisotopic (exact) mass is 387 g/mol. The van der Waals surface area contributed by atoms with Crippen molar-refractivity contribution in [3.8, 4) is 0 Å². The lowest BCUT2D eigenvalue weighted by atomic mass is 10.0. The lowest BCUT2D eigenvalue weighted by Crippen LogP contribution is -2.48. The highest BCUT2D eigenvalue weighted by atomic mass is 35.5. The molecule has 1 aliphatic heterocycles. The van der Waals surface area contributed by atoms with Gasteiger partial charge in [-0.25, -0.2) is 0 Å². The third-order valence-electron chi connectivity index (χ3n) is 4.91. The molecule has 1 fully saturated rings. The van der Waals surface area contributed by atoms with E-state index in [0.29, 0.717) is 24.7 Å². The summed E-state index contributed by atoms with van der Waals surface area (Å²) >= 11 is 0. The molecule has 1 unspecified atom stereocenters. The molecule has 144 valence electrons. The third-order valence-corrected chi connectivity index (χ3v) is 4.91. The second-order valence-corrected chi connectivity index (χ2v) is 6.57. The largest absolute Gasteiger partial charge is 0.340 e. The molecule has 0 aromatic heterocycles. The van der Waals surface area contributed by atoms with E-state index < -0.39 is 6.04 Å².